The highest BCUT2D eigenvalue weighted by Gasteiger charge is 2.14. The summed E-state index contributed by atoms with van der Waals surface area (Å²) in [4.78, 5) is 12.3. The topological polar surface area (TPSA) is 74.7 Å². The molecule has 5 heteroatoms. The van der Waals surface area contributed by atoms with Crippen molar-refractivity contribution < 1.29 is 18.7 Å². The Labute approximate surface area is 216 Å². The summed E-state index contributed by atoms with van der Waals surface area (Å²) >= 11 is 0. The van der Waals surface area contributed by atoms with Crippen molar-refractivity contribution in [3.8, 4) is 28.0 Å². The minimum atomic E-state index is -0.276. The van der Waals surface area contributed by atoms with Crippen LogP contribution in [0.1, 0.15) is 23.6 Å². The maximum Gasteiger partial charge on any atom is 0.310 e. The van der Waals surface area contributed by atoms with Gasteiger partial charge < -0.3 is 19.6 Å². The number of rotatable bonds is 9. The number of nitrogens with two attached hydrogens (primary N) is 1. The van der Waals surface area contributed by atoms with Gasteiger partial charge in [-0.15, -0.1) is 0 Å². The number of benzene rings is 4. The van der Waals surface area contributed by atoms with Crippen molar-refractivity contribution in [3.05, 3.63) is 114 Å². The van der Waals surface area contributed by atoms with Crippen molar-refractivity contribution in [2.24, 2.45) is 5.73 Å². The molecule has 0 aliphatic heterocycles. The van der Waals surface area contributed by atoms with Crippen LogP contribution in [0.3, 0.4) is 0 Å². The summed E-state index contributed by atoms with van der Waals surface area (Å²) in [5, 5.41) is 0.999. The van der Waals surface area contributed by atoms with E-state index in [9.17, 15) is 4.79 Å². The van der Waals surface area contributed by atoms with Gasteiger partial charge in [-0.3, -0.25) is 4.79 Å². The lowest BCUT2D eigenvalue weighted by Gasteiger charge is -2.15. The summed E-state index contributed by atoms with van der Waals surface area (Å²) in [6, 6.07) is 30.3. The van der Waals surface area contributed by atoms with Gasteiger partial charge in [-0.2, -0.15) is 0 Å². The molecule has 4 aromatic carbocycles. The van der Waals surface area contributed by atoms with Crippen LogP contribution in [0, 0.1) is 0 Å². The van der Waals surface area contributed by atoms with E-state index in [4.69, 9.17) is 19.6 Å². The van der Waals surface area contributed by atoms with Gasteiger partial charge >= 0.3 is 5.97 Å². The summed E-state index contributed by atoms with van der Waals surface area (Å²) < 4.78 is 17.4. The second-order valence-corrected chi connectivity index (χ2v) is 8.85. The molecular weight excluding hydrogens is 462 g/mol. The maximum absolute atomic E-state index is 12.3. The molecule has 0 fully saturated rings. The van der Waals surface area contributed by atoms with E-state index in [2.05, 4.69) is 36.4 Å². The molecule has 0 aliphatic rings. The number of fused-ring (bicyclic) bond motifs is 1. The van der Waals surface area contributed by atoms with Gasteiger partial charge in [0.15, 0.2) is 0 Å². The molecule has 37 heavy (non-hydrogen) atoms. The van der Waals surface area contributed by atoms with E-state index in [0.29, 0.717) is 25.5 Å². The van der Waals surface area contributed by atoms with E-state index in [0.717, 1.165) is 49.9 Å². The molecule has 0 amide bonds. The van der Waals surface area contributed by atoms with Gasteiger partial charge in [-0.05, 0) is 65.1 Å². The maximum atomic E-state index is 12.3. The highest BCUT2D eigenvalue weighted by molar-refractivity contribution is 5.93. The molecule has 0 aliphatic carbocycles. The fraction of sp³-hybridized carbons (Fsp3) is 0.156. The fourth-order valence-corrected chi connectivity index (χ4v) is 4.48. The molecule has 0 bridgehead atoms. The molecule has 5 aromatic rings. The predicted octanol–water partition coefficient (Wildman–Crippen LogP) is 6.91. The lowest BCUT2D eigenvalue weighted by atomic mass is 9.99. The van der Waals surface area contributed by atoms with Gasteiger partial charge in [0.05, 0.1) is 19.3 Å². The molecule has 0 saturated carbocycles. The highest BCUT2D eigenvalue weighted by atomic mass is 16.5. The van der Waals surface area contributed by atoms with Gasteiger partial charge in [0.2, 0.25) is 0 Å². The number of hydrogen-bond acceptors (Lipinski definition) is 5. The summed E-state index contributed by atoms with van der Waals surface area (Å²) in [5.74, 6) is 0.384. The molecule has 1 heterocycles. The quantitative estimate of drug-likeness (QED) is 0.227. The van der Waals surface area contributed by atoms with E-state index in [-0.39, 0.29) is 12.4 Å². The van der Waals surface area contributed by atoms with E-state index < -0.39 is 0 Å². The van der Waals surface area contributed by atoms with Crippen LogP contribution in [0.5, 0.6) is 5.75 Å². The molecule has 0 atom stereocenters. The van der Waals surface area contributed by atoms with Crippen molar-refractivity contribution in [2.75, 3.05) is 6.61 Å². The zero-order valence-corrected chi connectivity index (χ0v) is 20.8. The highest BCUT2D eigenvalue weighted by Crippen LogP contribution is 2.33. The second kappa shape index (κ2) is 11.1. The third kappa shape index (κ3) is 5.57. The van der Waals surface area contributed by atoms with Crippen LogP contribution in [0.25, 0.3) is 33.2 Å². The number of furan rings is 1. The van der Waals surface area contributed by atoms with Crippen LogP contribution in [0.4, 0.5) is 0 Å². The Morgan fingerprint density at radius 2 is 1.68 bits per heavy atom. The monoisotopic (exact) mass is 491 g/mol. The first-order valence-corrected chi connectivity index (χ1v) is 12.4. The van der Waals surface area contributed by atoms with Gasteiger partial charge in [0.1, 0.15) is 17.9 Å². The van der Waals surface area contributed by atoms with Gasteiger partial charge in [-0.1, -0.05) is 60.7 Å². The first-order chi connectivity index (χ1) is 18.1. The molecule has 5 rings (SSSR count). The lowest BCUT2D eigenvalue weighted by Crippen LogP contribution is -2.09. The minimum absolute atomic E-state index is 0.149. The summed E-state index contributed by atoms with van der Waals surface area (Å²) in [7, 11) is 0. The van der Waals surface area contributed by atoms with Crippen molar-refractivity contribution in [1.29, 1.82) is 0 Å². The van der Waals surface area contributed by atoms with Crippen LogP contribution in [0.2, 0.25) is 0 Å². The second-order valence-electron chi connectivity index (χ2n) is 8.85. The molecule has 0 saturated heterocycles. The van der Waals surface area contributed by atoms with Crippen LogP contribution in [0.15, 0.2) is 102 Å². The third-order valence-electron chi connectivity index (χ3n) is 6.29. The van der Waals surface area contributed by atoms with Crippen LogP contribution >= 0.6 is 0 Å². The SMILES string of the molecule is CCOC(=O)Cc1ccc(-c2ccccc2)cc1OCc1cc(-c2cccc(CN)c2)c2occc2c1. The van der Waals surface area contributed by atoms with E-state index in [1.165, 1.54) is 0 Å². The van der Waals surface area contributed by atoms with Crippen molar-refractivity contribution in [3.63, 3.8) is 0 Å². The number of carbonyl (C=O) groups excluding carboxylic acids is 1. The molecule has 5 nitrogen and oxygen atoms in total. The average Bonchev–Trinajstić information content (AvgIpc) is 3.41. The number of carbonyl (C=O) groups is 1. The Hall–Kier alpha value is -4.35. The Bertz CT molecular complexity index is 1520. The molecule has 0 unspecified atom stereocenters. The summed E-state index contributed by atoms with van der Waals surface area (Å²) in [5.41, 5.74) is 13.7. The first kappa shape index (κ1) is 24.3. The van der Waals surface area contributed by atoms with Crippen LogP contribution < -0.4 is 10.5 Å². The van der Waals surface area contributed by atoms with Gasteiger partial charge in [0, 0.05) is 23.1 Å². The Kier molecular flexibility index (Phi) is 7.33. The Morgan fingerprint density at radius 1 is 0.838 bits per heavy atom. The van der Waals surface area contributed by atoms with E-state index in [1.54, 1.807) is 13.2 Å². The largest absolute Gasteiger partial charge is 0.489 e. The smallest absolute Gasteiger partial charge is 0.310 e. The van der Waals surface area contributed by atoms with E-state index >= 15 is 0 Å². The zero-order valence-electron chi connectivity index (χ0n) is 20.8. The Balaban J connectivity index is 1.48. The standard InChI is InChI=1S/C32H29NO4/c1-2-35-31(34)19-27-12-11-25(24-8-4-3-5-9-24)18-30(27)37-21-23-16-28-13-14-36-32(28)29(17-23)26-10-6-7-22(15-26)20-33/h3-18H,2,19-21,33H2,1H3. The average molecular weight is 492 g/mol. The molecule has 0 spiro atoms. The molecule has 186 valence electrons. The molecule has 0 radical (unpaired) electrons. The lowest BCUT2D eigenvalue weighted by molar-refractivity contribution is -0.142. The summed E-state index contributed by atoms with van der Waals surface area (Å²) in [6.45, 7) is 2.95. The normalized spacial score (nSPS) is 11.0. The first-order valence-electron chi connectivity index (χ1n) is 12.4. The fourth-order valence-electron chi connectivity index (χ4n) is 4.48. The van der Waals surface area contributed by atoms with Crippen LogP contribution in [-0.4, -0.2) is 12.6 Å². The Morgan fingerprint density at radius 3 is 2.49 bits per heavy atom. The number of ether oxygens (including phenoxy) is 2. The zero-order chi connectivity index (χ0) is 25.6. The number of hydrogen-bond donors (Lipinski definition) is 1. The molecule has 1 aromatic heterocycles. The summed E-state index contributed by atoms with van der Waals surface area (Å²) in [6.07, 6.45) is 1.85. The van der Waals surface area contributed by atoms with Crippen molar-refractivity contribution in [1.82, 2.24) is 0 Å². The van der Waals surface area contributed by atoms with Crippen molar-refractivity contribution in [2.45, 2.75) is 26.5 Å². The van der Waals surface area contributed by atoms with E-state index in [1.807, 2.05) is 54.6 Å². The minimum Gasteiger partial charge on any atom is -0.489 e. The van der Waals surface area contributed by atoms with Gasteiger partial charge in [-0.25, -0.2) is 0 Å². The molecular formula is C32H29NO4. The van der Waals surface area contributed by atoms with Crippen LogP contribution in [-0.2, 0) is 29.1 Å². The molecule has 2 N–H and O–H groups in total. The van der Waals surface area contributed by atoms with Crippen molar-refractivity contribution >= 4 is 16.9 Å². The third-order valence-corrected chi connectivity index (χ3v) is 6.29. The van der Waals surface area contributed by atoms with Gasteiger partial charge in [0.25, 0.3) is 0 Å². The number of esters is 1. The predicted molar refractivity (Wildman–Crippen MR) is 146 cm³/mol.